The SMILES string of the molecule is CC(C)C1CCCN(C(=O)NCCOCC(=O)O)CC1. The Morgan fingerprint density at radius 2 is 2.10 bits per heavy atom. The second kappa shape index (κ2) is 8.79. The van der Waals surface area contributed by atoms with E-state index in [9.17, 15) is 9.59 Å². The standard InChI is InChI=1S/C14H26N2O4/c1-11(2)12-4-3-7-16(8-5-12)14(19)15-6-9-20-10-13(17)18/h11-12H,3-10H2,1-2H3,(H,15,19)(H,17,18). The van der Waals surface area contributed by atoms with Crippen molar-refractivity contribution >= 4 is 12.0 Å². The number of aliphatic carboxylic acids is 1. The molecule has 0 aromatic carbocycles. The summed E-state index contributed by atoms with van der Waals surface area (Å²) >= 11 is 0. The minimum Gasteiger partial charge on any atom is -0.480 e. The van der Waals surface area contributed by atoms with Crippen molar-refractivity contribution in [2.45, 2.75) is 33.1 Å². The van der Waals surface area contributed by atoms with Gasteiger partial charge in [-0.2, -0.15) is 0 Å². The van der Waals surface area contributed by atoms with Crippen LogP contribution < -0.4 is 5.32 Å². The number of hydrogen-bond acceptors (Lipinski definition) is 3. The van der Waals surface area contributed by atoms with Crippen LogP contribution in [0.15, 0.2) is 0 Å². The average Bonchev–Trinajstić information content (AvgIpc) is 2.63. The topological polar surface area (TPSA) is 78.9 Å². The van der Waals surface area contributed by atoms with Crippen molar-refractivity contribution in [3.05, 3.63) is 0 Å². The van der Waals surface area contributed by atoms with Crippen molar-refractivity contribution in [1.29, 1.82) is 0 Å². The Morgan fingerprint density at radius 1 is 1.35 bits per heavy atom. The first kappa shape index (κ1) is 16.8. The molecule has 0 spiro atoms. The molecule has 116 valence electrons. The second-order valence-corrected chi connectivity index (χ2v) is 5.60. The molecule has 1 rings (SSSR count). The number of amides is 2. The van der Waals surface area contributed by atoms with E-state index in [1.165, 1.54) is 6.42 Å². The van der Waals surface area contributed by atoms with Crippen molar-refractivity contribution in [3.63, 3.8) is 0 Å². The van der Waals surface area contributed by atoms with Gasteiger partial charge in [0.25, 0.3) is 0 Å². The first-order chi connectivity index (χ1) is 9.50. The Balaban J connectivity index is 2.21. The number of carboxylic acids is 1. The highest BCUT2D eigenvalue weighted by atomic mass is 16.5. The van der Waals surface area contributed by atoms with Crippen LogP contribution in [-0.2, 0) is 9.53 Å². The van der Waals surface area contributed by atoms with Crippen LogP contribution in [0.3, 0.4) is 0 Å². The van der Waals surface area contributed by atoms with E-state index in [2.05, 4.69) is 19.2 Å². The molecule has 1 aliphatic rings. The molecule has 1 heterocycles. The fourth-order valence-electron chi connectivity index (χ4n) is 2.49. The number of carbonyl (C=O) groups excluding carboxylic acids is 1. The zero-order valence-corrected chi connectivity index (χ0v) is 12.4. The normalized spacial score (nSPS) is 19.8. The van der Waals surface area contributed by atoms with Crippen LogP contribution in [0.2, 0.25) is 0 Å². The van der Waals surface area contributed by atoms with E-state index in [0.717, 1.165) is 25.9 Å². The number of nitrogens with zero attached hydrogens (tertiary/aromatic N) is 1. The van der Waals surface area contributed by atoms with Gasteiger partial charge in [0.2, 0.25) is 0 Å². The molecule has 1 saturated heterocycles. The first-order valence-electron chi connectivity index (χ1n) is 7.33. The summed E-state index contributed by atoms with van der Waals surface area (Å²) in [7, 11) is 0. The van der Waals surface area contributed by atoms with E-state index < -0.39 is 5.97 Å². The number of carbonyl (C=O) groups is 2. The van der Waals surface area contributed by atoms with E-state index in [-0.39, 0.29) is 19.2 Å². The fraction of sp³-hybridized carbons (Fsp3) is 0.857. The van der Waals surface area contributed by atoms with Crippen LogP contribution in [-0.4, -0.2) is 54.9 Å². The maximum atomic E-state index is 12.0. The third-order valence-corrected chi connectivity index (χ3v) is 3.75. The molecular formula is C14H26N2O4. The summed E-state index contributed by atoms with van der Waals surface area (Å²) in [4.78, 5) is 24.1. The molecule has 0 radical (unpaired) electrons. The third kappa shape index (κ3) is 6.23. The summed E-state index contributed by atoms with van der Waals surface area (Å²) in [5, 5.41) is 11.2. The van der Waals surface area contributed by atoms with Crippen LogP contribution in [0.4, 0.5) is 4.79 Å². The summed E-state index contributed by atoms with van der Waals surface area (Å²) in [6.45, 7) is 6.31. The molecule has 0 aliphatic carbocycles. The van der Waals surface area contributed by atoms with Gasteiger partial charge in [0.15, 0.2) is 0 Å². The lowest BCUT2D eigenvalue weighted by Gasteiger charge is -2.22. The fourth-order valence-corrected chi connectivity index (χ4v) is 2.49. The highest BCUT2D eigenvalue weighted by Crippen LogP contribution is 2.24. The molecule has 2 amide bonds. The molecule has 1 unspecified atom stereocenters. The molecule has 1 aliphatic heterocycles. The number of likely N-dealkylation sites (tertiary alicyclic amines) is 1. The van der Waals surface area contributed by atoms with Gasteiger partial charge < -0.3 is 20.1 Å². The third-order valence-electron chi connectivity index (χ3n) is 3.75. The summed E-state index contributed by atoms with van der Waals surface area (Å²) in [6.07, 6.45) is 3.29. The first-order valence-corrected chi connectivity index (χ1v) is 7.33. The van der Waals surface area contributed by atoms with Crippen molar-refractivity contribution < 1.29 is 19.4 Å². The van der Waals surface area contributed by atoms with Gasteiger partial charge in [0.1, 0.15) is 6.61 Å². The van der Waals surface area contributed by atoms with Gasteiger partial charge in [-0.05, 0) is 31.1 Å². The zero-order valence-electron chi connectivity index (χ0n) is 12.4. The summed E-state index contributed by atoms with van der Waals surface area (Å²) in [5.41, 5.74) is 0. The van der Waals surface area contributed by atoms with Crippen LogP contribution in [0.5, 0.6) is 0 Å². The number of carboxylic acid groups (broad SMARTS) is 1. The number of hydrogen-bond donors (Lipinski definition) is 2. The van der Waals surface area contributed by atoms with Crippen LogP contribution in [0, 0.1) is 11.8 Å². The van der Waals surface area contributed by atoms with Gasteiger partial charge in [-0.3, -0.25) is 0 Å². The smallest absolute Gasteiger partial charge is 0.329 e. The number of rotatable bonds is 6. The Morgan fingerprint density at radius 3 is 2.75 bits per heavy atom. The molecule has 6 heteroatoms. The Labute approximate surface area is 120 Å². The lowest BCUT2D eigenvalue weighted by molar-refractivity contribution is -0.142. The van der Waals surface area contributed by atoms with Crippen LogP contribution in [0.1, 0.15) is 33.1 Å². The molecule has 20 heavy (non-hydrogen) atoms. The van der Waals surface area contributed by atoms with E-state index in [4.69, 9.17) is 9.84 Å². The van der Waals surface area contributed by atoms with Crippen LogP contribution >= 0.6 is 0 Å². The van der Waals surface area contributed by atoms with Gasteiger partial charge in [0.05, 0.1) is 6.61 Å². The predicted molar refractivity (Wildman–Crippen MR) is 75.6 cm³/mol. The summed E-state index contributed by atoms with van der Waals surface area (Å²) in [5.74, 6) is 0.373. The lowest BCUT2D eigenvalue weighted by Crippen LogP contribution is -2.41. The van der Waals surface area contributed by atoms with Crippen molar-refractivity contribution in [2.75, 3.05) is 32.8 Å². The molecule has 0 saturated carbocycles. The van der Waals surface area contributed by atoms with Crippen molar-refractivity contribution in [1.82, 2.24) is 10.2 Å². The van der Waals surface area contributed by atoms with E-state index >= 15 is 0 Å². The number of ether oxygens (including phenoxy) is 1. The average molecular weight is 286 g/mol. The van der Waals surface area contributed by atoms with Gasteiger partial charge in [-0.1, -0.05) is 13.8 Å². The van der Waals surface area contributed by atoms with E-state index in [1.807, 2.05) is 4.90 Å². The summed E-state index contributed by atoms with van der Waals surface area (Å²) < 4.78 is 4.87. The minimum absolute atomic E-state index is 0.0756. The molecule has 0 aromatic rings. The predicted octanol–water partition coefficient (Wildman–Crippen LogP) is 1.56. The maximum Gasteiger partial charge on any atom is 0.329 e. The zero-order chi connectivity index (χ0) is 15.0. The largest absolute Gasteiger partial charge is 0.480 e. The second-order valence-electron chi connectivity index (χ2n) is 5.60. The number of nitrogens with one attached hydrogen (secondary N) is 1. The molecule has 0 aromatic heterocycles. The Kier molecular flexibility index (Phi) is 7.36. The lowest BCUT2D eigenvalue weighted by atomic mass is 9.89. The van der Waals surface area contributed by atoms with Gasteiger partial charge in [-0.15, -0.1) is 0 Å². The van der Waals surface area contributed by atoms with Crippen molar-refractivity contribution in [2.24, 2.45) is 11.8 Å². The van der Waals surface area contributed by atoms with E-state index in [1.54, 1.807) is 0 Å². The molecular weight excluding hydrogens is 260 g/mol. The summed E-state index contributed by atoms with van der Waals surface area (Å²) in [6, 6.07) is -0.0756. The highest BCUT2D eigenvalue weighted by Gasteiger charge is 2.21. The van der Waals surface area contributed by atoms with E-state index in [0.29, 0.717) is 18.4 Å². The van der Waals surface area contributed by atoms with Gasteiger partial charge in [0, 0.05) is 19.6 Å². The molecule has 2 N–H and O–H groups in total. The minimum atomic E-state index is -0.997. The molecule has 6 nitrogen and oxygen atoms in total. The number of urea groups is 1. The monoisotopic (exact) mass is 286 g/mol. The maximum absolute atomic E-state index is 12.0. The quantitative estimate of drug-likeness (QED) is 0.726. The molecule has 1 atom stereocenters. The van der Waals surface area contributed by atoms with Crippen molar-refractivity contribution in [3.8, 4) is 0 Å². The van der Waals surface area contributed by atoms with Gasteiger partial charge in [-0.25, -0.2) is 9.59 Å². The van der Waals surface area contributed by atoms with Crippen LogP contribution in [0.25, 0.3) is 0 Å². The Hall–Kier alpha value is -1.30. The molecule has 0 bridgehead atoms. The molecule has 1 fully saturated rings. The van der Waals surface area contributed by atoms with Gasteiger partial charge >= 0.3 is 12.0 Å². The highest BCUT2D eigenvalue weighted by molar-refractivity contribution is 5.74. The Bertz CT molecular complexity index is 320.